The third kappa shape index (κ3) is 7.22. The summed E-state index contributed by atoms with van der Waals surface area (Å²) in [6, 6.07) is 16.6. The predicted molar refractivity (Wildman–Crippen MR) is 157 cm³/mol. The number of amides is 1. The number of rotatable bonds is 10. The van der Waals surface area contributed by atoms with Gasteiger partial charge in [-0.15, -0.1) is 0 Å². The molecule has 2 aromatic rings. The Kier molecular flexibility index (Phi) is 10.0. The maximum atomic E-state index is 13.8. The Labute approximate surface area is 249 Å². The van der Waals surface area contributed by atoms with Crippen molar-refractivity contribution in [3.05, 3.63) is 92.7 Å². The van der Waals surface area contributed by atoms with Gasteiger partial charge in [0.2, 0.25) is 0 Å². The molecule has 0 radical (unpaired) electrons. The second kappa shape index (κ2) is 14.1. The van der Waals surface area contributed by atoms with Crippen molar-refractivity contribution in [3.8, 4) is 0 Å². The molecule has 13 nitrogen and oxygen atoms in total. The number of aliphatic hydroxyl groups excluding tert-OH is 2. The minimum atomic E-state index is -1.40. The highest BCUT2D eigenvalue weighted by molar-refractivity contribution is 5.68. The van der Waals surface area contributed by atoms with Crippen molar-refractivity contribution in [3.63, 3.8) is 0 Å². The van der Waals surface area contributed by atoms with E-state index in [1.165, 1.54) is 0 Å². The van der Waals surface area contributed by atoms with Crippen LogP contribution < -0.4 is 5.73 Å². The van der Waals surface area contributed by atoms with E-state index in [-0.39, 0.29) is 25.0 Å². The van der Waals surface area contributed by atoms with Crippen molar-refractivity contribution in [2.45, 2.75) is 93.8 Å². The molecule has 2 aliphatic carbocycles. The van der Waals surface area contributed by atoms with Gasteiger partial charge in [-0.1, -0.05) is 70.9 Å². The van der Waals surface area contributed by atoms with Gasteiger partial charge in [-0.3, -0.25) is 4.90 Å². The average molecular weight is 591 g/mol. The normalized spacial score (nSPS) is 31.1. The molecule has 1 aliphatic heterocycles. The van der Waals surface area contributed by atoms with E-state index in [1.54, 1.807) is 4.90 Å². The Morgan fingerprint density at radius 3 is 2.21 bits per heavy atom. The van der Waals surface area contributed by atoms with Crippen molar-refractivity contribution >= 4 is 6.09 Å². The van der Waals surface area contributed by atoms with Gasteiger partial charge < -0.3 is 25.4 Å². The van der Waals surface area contributed by atoms with Crippen LogP contribution in [0.3, 0.4) is 0 Å². The molecule has 3 aliphatic rings. The lowest BCUT2D eigenvalue weighted by Crippen LogP contribution is -2.63. The van der Waals surface area contributed by atoms with Crippen molar-refractivity contribution in [1.82, 2.24) is 4.90 Å². The number of benzene rings is 2. The minimum Gasteiger partial charge on any atom is -0.445 e. The van der Waals surface area contributed by atoms with Crippen molar-refractivity contribution in [1.29, 1.82) is 0 Å². The first-order valence-electron chi connectivity index (χ1n) is 14.8. The number of aliphatic hydroxyl groups is 2. The number of hydrogen-bond acceptors (Lipinski definition) is 8. The molecule has 4 N–H and O–H groups in total. The van der Waals surface area contributed by atoms with Crippen LogP contribution in [-0.4, -0.2) is 69.8 Å². The summed E-state index contributed by atoms with van der Waals surface area (Å²) in [5.74, 6) is -0.640. The van der Waals surface area contributed by atoms with E-state index in [1.807, 2.05) is 60.7 Å². The molecule has 0 aromatic heterocycles. The average Bonchev–Trinajstić information content (AvgIpc) is 3.86. The molecule has 0 spiro atoms. The van der Waals surface area contributed by atoms with Gasteiger partial charge >= 0.3 is 6.09 Å². The molecule has 3 fully saturated rings. The minimum absolute atomic E-state index is 0.0479. The van der Waals surface area contributed by atoms with Crippen LogP contribution in [0, 0.1) is 11.8 Å². The largest absolute Gasteiger partial charge is 0.445 e. The molecule has 1 saturated heterocycles. The molecule has 9 atom stereocenters. The summed E-state index contributed by atoms with van der Waals surface area (Å²) in [6.45, 7) is 0.458. The SMILES string of the molecule is [N-]=[N+]=NC1CC(N=[N+]=[N-])[C@H](O)[C@@H](O)[C@@H]1C1O[C@H]([C@@H](C2CC2)N(Cc2ccccc2)C(=O)OCc2ccccc2)CC[C@H]1N. The maximum absolute atomic E-state index is 13.8. The fourth-order valence-corrected chi connectivity index (χ4v) is 6.60. The van der Waals surface area contributed by atoms with E-state index in [9.17, 15) is 20.5 Å². The first kappa shape index (κ1) is 30.6. The van der Waals surface area contributed by atoms with Crippen LogP contribution in [0.2, 0.25) is 0 Å². The zero-order valence-electron chi connectivity index (χ0n) is 23.8. The Morgan fingerprint density at radius 2 is 1.58 bits per heavy atom. The van der Waals surface area contributed by atoms with E-state index < -0.39 is 54.6 Å². The van der Waals surface area contributed by atoms with Crippen molar-refractivity contribution < 1.29 is 24.5 Å². The first-order valence-corrected chi connectivity index (χ1v) is 14.8. The van der Waals surface area contributed by atoms with Crippen LogP contribution in [0.15, 0.2) is 70.9 Å². The van der Waals surface area contributed by atoms with Gasteiger partial charge in [0.05, 0.1) is 36.5 Å². The van der Waals surface area contributed by atoms with Gasteiger partial charge in [0.15, 0.2) is 0 Å². The quantitative estimate of drug-likeness (QED) is 0.205. The predicted octanol–water partition coefficient (Wildman–Crippen LogP) is 4.58. The summed E-state index contributed by atoms with van der Waals surface area (Å²) in [5.41, 5.74) is 26.6. The van der Waals surface area contributed by atoms with Crippen LogP contribution in [-0.2, 0) is 22.6 Å². The van der Waals surface area contributed by atoms with Crippen LogP contribution in [0.4, 0.5) is 4.79 Å². The van der Waals surface area contributed by atoms with Crippen LogP contribution in [0.5, 0.6) is 0 Å². The standard InChI is InChI=1S/C30H38N8O5/c31-21-13-14-24(43-29(21)25-22(34-36-32)15-23(35-37-33)27(39)28(25)40)26(20-11-12-20)38(16-18-7-3-1-4-8-18)30(41)42-17-19-9-5-2-6-10-19/h1-10,20-29,39-40H,11-17,31H2/t21-,22?,23?,24+,25-,26-,27+,28+,29?/m1/s1. The third-order valence-corrected chi connectivity index (χ3v) is 8.86. The monoisotopic (exact) mass is 590 g/mol. The Hall–Kier alpha value is -3.83. The van der Waals surface area contributed by atoms with Crippen LogP contribution in [0.25, 0.3) is 20.9 Å². The van der Waals surface area contributed by atoms with Gasteiger partial charge in [0.1, 0.15) is 6.61 Å². The number of nitrogens with zero attached hydrogens (tertiary/aromatic N) is 7. The fourth-order valence-electron chi connectivity index (χ4n) is 6.60. The summed E-state index contributed by atoms with van der Waals surface area (Å²) in [5, 5.41) is 29.4. The van der Waals surface area contributed by atoms with Crippen molar-refractivity contribution in [2.75, 3.05) is 0 Å². The lowest BCUT2D eigenvalue weighted by molar-refractivity contribution is -0.167. The van der Waals surface area contributed by atoms with Crippen molar-refractivity contribution in [2.24, 2.45) is 27.8 Å². The lowest BCUT2D eigenvalue weighted by atomic mass is 9.72. The molecule has 2 aromatic carbocycles. The summed E-state index contributed by atoms with van der Waals surface area (Å²) >= 11 is 0. The van der Waals surface area contributed by atoms with E-state index in [2.05, 4.69) is 20.1 Å². The topological polar surface area (TPSA) is 203 Å². The highest BCUT2D eigenvalue weighted by Crippen LogP contribution is 2.43. The molecule has 3 unspecified atom stereocenters. The molecule has 13 heteroatoms. The highest BCUT2D eigenvalue weighted by atomic mass is 16.6. The van der Waals surface area contributed by atoms with E-state index in [0.717, 1.165) is 24.0 Å². The molecular weight excluding hydrogens is 552 g/mol. The highest BCUT2D eigenvalue weighted by Gasteiger charge is 2.52. The lowest BCUT2D eigenvalue weighted by Gasteiger charge is -2.49. The first-order chi connectivity index (χ1) is 20.9. The van der Waals surface area contributed by atoms with Gasteiger partial charge in [0.25, 0.3) is 0 Å². The van der Waals surface area contributed by atoms with Gasteiger partial charge in [-0.05, 0) is 60.2 Å². The number of carbonyl (C=O) groups is 1. The summed E-state index contributed by atoms with van der Waals surface area (Å²) in [7, 11) is 0. The second-order valence-corrected chi connectivity index (χ2v) is 11.7. The fraction of sp³-hybridized carbons (Fsp3) is 0.567. The zero-order chi connectivity index (χ0) is 30.3. The maximum Gasteiger partial charge on any atom is 0.410 e. The van der Waals surface area contributed by atoms with Gasteiger partial charge in [-0.25, -0.2) is 4.79 Å². The molecule has 2 saturated carbocycles. The van der Waals surface area contributed by atoms with E-state index >= 15 is 0 Å². The molecule has 1 heterocycles. The van der Waals surface area contributed by atoms with E-state index in [4.69, 9.17) is 20.7 Å². The molecule has 1 amide bonds. The number of nitrogens with two attached hydrogens (primary N) is 1. The molecule has 43 heavy (non-hydrogen) atoms. The Balaban J connectivity index is 1.41. The number of ether oxygens (including phenoxy) is 2. The smallest absolute Gasteiger partial charge is 0.410 e. The molecule has 228 valence electrons. The number of hydrogen-bond donors (Lipinski definition) is 3. The third-order valence-electron chi connectivity index (χ3n) is 8.86. The van der Waals surface area contributed by atoms with Crippen LogP contribution in [0.1, 0.15) is 43.2 Å². The second-order valence-electron chi connectivity index (χ2n) is 11.7. The summed E-state index contributed by atoms with van der Waals surface area (Å²) < 4.78 is 12.5. The molecule has 0 bridgehead atoms. The molecular formula is C30H38N8O5. The zero-order valence-corrected chi connectivity index (χ0v) is 23.8. The summed E-state index contributed by atoms with van der Waals surface area (Å²) in [6.07, 6.45) is -1.40. The Bertz CT molecular complexity index is 1320. The number of azide groups is 2. The van der Waals surface area contributed by atoms with E-state index in [0.29, 0.717) is 19.4 Å². The Morgan fingerprint density at radius 1 is 0.953 bits per heavy atom. The van der Waals surface area contributed by atoms with Crippen LogP contribution >= 0.6 is 0 Å². The molecule has 5 rings (SSSR count). The number of carbonyl (C=O) groups excluding carboxylic acids is 1. The van der Waals surface area contributed by atoms with Gasteiger partial charge in [-0.2, -0.15) is 0 Å². The van der Waals surface area contributed by atoms with Gasteiger partial charge in [0, 0.05) is 34.4 Å². The summed E-state index contributed by atoms with van der Waals surface area (Å²) in [4.78, 5) is 21.2.